The first-order chi connectivity index (χ1) is 12.1. The van der Waals surface area contributed by atoms with Gasteiger partial charge in [-0.3, -0.25) is 0 Å². The normalized spacial score (nSPS) is 15.8. The van der Waals surface area contributed by atoms with Gasteiger partial charge < -0.3 is 29.9 Å². The predicted octanol–water partition coefficient (Wildman–Crippen LogP) is -1.66. The maximum Gasteiger partial charge on any atom is 3.00 e. The molecule has 28 heavy (non-hydrogen) atoms. The summed E-state index contributed by atoms with van der Waals surface area (Å²) in [5.74, 6) is 0. The molecule has 0 atom stereocenters. The van der Waals surface area contributed by atoms with Gasteiger partial charge in [-0.1, -0.05) is 60.3 Å². The first kappa shape index (κ1) is 23.7. The fourth-order valence-electron chi connectivity index (χ4n) is 4.72. The minimum Gasteiger partial charge on any atom is -1.00 e. The van der Waals surface area contributed by atoms with Gasteiger partial charge in [0.15, 0.2) is 0 Å². The Kier molecular flexibility index (Phi) is 7.33. The molecule has 3 aromatic carbocycles. The third-order valence-electron chi connectivity index (χ3n) is 6.02. The molecule has 2 aliphatic rings. The van der Waals surface area contributed by atoms with E-state index >= 15 is 0 Å². The molecule has 0 saturated carbocycles. The Labute approximate surface area is 199 Å². The smallest absolute Gasteiger partial charge is 1.00 e. The molecule has 0 aromatic heterocycles. The number of fused-ring (bicyclic) bond motifs is 5. The second-order valence-corrected chi connectivity index (χ2v) is 12.2. The number of benzene rings is 2. The van der Waals surface area contributed by atoms with Crippen molar-refractivity contribution in [1.82, 2.24) is 0 Å². The predicted molar refractivity (Wildman–Crippen MR) is 111 cm³/mol. The van der Waals surface area contributed by atoms with Crippen LogP contribution in [-0.4, -0.2) is 19.8 Å². The Balaban J connectivity index is 0.000000934. The summed E-state index contributed by atoms with van der Waals surface area (Å²) in [7, 11) is -1.39. The summed E-state index contributed by atoms with van der Waals surface area (Å²) in [5.41, 5.74) is 4.38. The molecule has 0 unspecified atom stereocenters. The van der Waals surface area contributed by atoms with Crippen molar-refractivity contribution in [2.24, 2.45) is 0 Å². The van der Waals surface area contributed by atoms with Crippen LogP contribution in [0.1, 0.15) is 24.8 Å². The van der Waals surface area contributed by atoms with Gasteiger partial charge >= 0.3 is 26.2 Å². The molecule has 1 nitrogen and oxygen atoms in total. The molecule has 0 bridgehead atoms. The summed E-state index contributed by atoms with van der Waals surface area (Å²) in [6, 6.07) is 13.7. The van der Waals surface area contributed by atoms with E-state index in [9.17, 15) is 0 Å². The Morgan fingerprint density at radius 1 is 1.07 bits per heavy atom. The van der Waals surface area contributed by atoms with Gasteiger partial charge in [-0.25, -0.2) is 0 Å². The van der Waals surface area contributed by atoms with Gasteiger partial charge in [0.25, 0.3) is 0 Å². The molecular formula is C23H23Cl2OSiZr. The standard InChI is InChI=1S/C23H23OSi.2ClH.Zr/c1-25(2)22-19(17-10-9-15(12-17)6-5-11-24)14-20-18-8-4-3-7-16(18)13-21(20)23(22)25;;;/h3-4,7-9,12-14,24H,5-6,10-11H2,1-2H3;2*1H;/q-1;;;+3/p-2. The minimum atomic E-state index is -1.39. The van der Waals surface area contributed by atoms with Crippen LogP contribution in [0, 0.1) is 0 Å². The maximum absolute atomic E-state index is 9.08. The van der Waals surface area contributed by atoms with Crippen LogP contribution >= 0.6 is 0 Å². The van der Waals surface area contributed by atoms with Gasteiger partial charge in [0.05, 0.1) is 8.07 Å². The minimum absolute atomic E-state index is 0. The zero-order valence-electron chi connectivity index (χ0n) is 16.2. The Hall–Kier alpha value is -0.570. The number of hydrogen-bond donors (Lipinski definition) is 1. The van der Waals surface area contributed by atoms with Crippen LogP contribution in [0.2, 0.25) is 13.1 Å². The SMILES string of the molecule is C[Si]1(C)c2c(C3=CC(CCCO)=CC3)cc3c([cH-]c4ccccc43)c21.[Cl-].[Cl-].[Zr+3]. The fraction of sp³-hybridized carbons (Fsp3) is 0.261. The van der Waals surface area contributed by atoms with Gasteiger partial charge in [-0.15, -0.1) is 38.9 Å². The van der Waals surface area contributed by atoms with Crippen LogP contribution < -0.4 is 35.2 Å². The number of halogens is 2. The molecule has 5 heteroatoms. The molecule has 0 amide bonds. The number of hydrogen-bond acceptors (Lipinski definition) is 1. The van der Waals surface area contributed by atoms with Crippen molar-refractivity contribution in [3.63, 3.8) is 0 Å². The van der Waals surface area contributed by atoms with Crippen LogP contribution in [0.4, 0.5) is 0 Å². The summed E-state index contributed by atoms with van der Waals surface area (Å²) in [6.45, 7) is 5.27. The van der Waals surface area contributed by atoms with Crippen LogP contribution in [0.3, 0.4) is 0 Å². The summed E-state index contributed by atoms with van der Waals surface area (Å²) >= 11 is 0. The first-order valence-electron chi connectivity index (χ1n) is 9.28. The van der Waals surface area contributed by atoms with Crippen molar-refractivity contribution in [1.29, 1.82) is 0 Å². The second kappa shape index (κ2) is 8.66. The Morgan fingerprint density at radius 3 is 2.57 bits per heavy atom. The van der Waals surface area contributed by atoms with E-state index < -0.39 is 8.07 Å². The van der Waals surface area contributed by atoms with Crippen molar-refractivity contribution in [2.45, 2.75) is 32.4 Å². The van der Waals surface area contributed by atoms with E-state index in [0.717, 1.165) is 19.3 Å². The van der Waals surface area contributed by atoms with E-state index in [4.69, 9.17) is 5.11 Å². The van der Waals surface area contributed by atoms with Gasteiger partial charge in [-0.2, -0.15) is 0 Å². The fourth-order valence-corrected chi connectivity index (χ4v) is 8.46. The van der Waals surface area contributed by atoms with E-state index in [1.54, 1.807) is 10.4 Å². The van der Waals surface area contributed by atoms with Crippen molar-refractivity contribution < 1.29 is 56.1 Å². The molecule has 1 radical (unpaired) electrons. The first-order valence-corrected chi connectivity index (χ1v) is 12.3. The van der Waals surface area contributed by atoms with Crippen LogP contribution in [0.25, 0.3) is 27.1 Å². The molecule has 1 aliphatic heterocycles. The number of rotatable bonds is 4. The van der Waals surface area contributed by atoms with Crippen LogP contribution in [0.15, 0.2) is 54.1 Å². The van der Waals surface area contributed by atoms with Gasteiger partial charge in [-0.05, 0) is 30.4 Å². The monoisotopic (exact) mass is 503 g/mol. The molecule has 1 N–H and O–H groups in total. The van der Waals surface area contributed by atoms with Gasteiger partial charge in [0, 0.05) is 6.61 Å². The average molecular weight is 506 g/mol. The van der Waals surface area contributed by atoms with E-state index in [0.29, 0.717) is 0 Å². The molecule has 3 aromatic rings. The topological polar surface area (TPSA) is 20.2 Å². The Morgan fingerprint density at radius 2 is 1.82 bits per heavy atom. The zero-order valence-corrected chi connectivity index (χ0v) is 21.1. The molecule has 0 saturated heterocycles. The largest absolute Gasteiger partial charge is 3.00 e. The van der Waals surface area contributed by atoms with Crippen molar-refractivity contribution >= 4 is 45.6 Å². The quantitative estimate of drug-likeness (QED) is 0.333. The zero-order chi connectivity index (χ0) is 17.2. The summed E-state index contributed by atoms with van der Waals surface area (Å²) in [4.78, 5) is 0. The van der Waals surface area contributed by atoms with Gasteiger partial charge in [0.2, 0.25) is 0 Å². The van der Waals surface area contributed by atoms with Crippen molar-refractivity contribution in [3.8, 4) is 0 Å². The number of allylic oxidation sites excluding steroid dienone is 4. The van der Waals surface area contributed by atoms with Gasteiger partial charge in [0.1, 0.15) is 0 Å². The summed E-state index contributed by atoms with van der Waals surface area (Å²) < 4.78 is 0. The molecule has 0 spiro atoms. The molecule has 1 heterocycles. The van der Waals surface area contributed by atoms with E-state index in [-0.39, 0.29) is 57.6 Å². The van der Waals surface area contributed by atoms with Crippen LogP contribution in [0.5, 0.6) is 0 Å². The van der Waals surface area contributed by atoms with Crippen molar-refractivity contribution in [3.05, 3.63) is 59.7 Å². The average Bonchev–Trinajstić information content (AvgIpc) is 2.99. The van der Waals surface area contributed by atoms with E-state index in [1.165, 1.54) is 38.3 Å². The Bertz CT molecular complexity index is 1090. The van der Waals surface area contributed by atoms with E-state index in [2.05, 4.69) is 61.6 Å². The van der Waals surface area contributed by atoms with Crippen LogP contribution in [-0.2, 0) is 26.2 Å². The second-order valence-electron chi connectivity index (χ2n) is 7.97. The molecule has 0 fully saturated rings. The summed E-state index contributed by atoms with van der Waals surface area (Å²) in [5, 5.41) is 18.1. The molecule has 143 valence electrons. The molecular weight excluding hydrogens is 482 g/mol. The number of aliphatic hydroxyl groups is 1. The maximum atomic E-state index is 9.08. The molecule has 1 aliphatic carbocycles. The third-order valence-corrected chi connectivity index (χ3v) is 9.31. The summed E-state index contributed by atoms with van der Waals surface area (Å²) in [6.07, 6.45) is 7.62. The van der Waals surface area contributed by atoms with E-state index in [1.807, 2.05) is 0 Å². The number of aliphatic hydroxyl groups excluding tert-OH is 1. The third kappa shape index (κ3) is 3.55. The molecule has 5 rings (SSSR count). The van der Waals surface area contributed by atoms with Crippen molar-refractivity contribution in [2.75, 3.05) is 6.61 Å².